The van der Waals surface area contributed by atoms with Gasteiger partial charge in [-0.25, -0.2) is 9.59 Å². The molecule has 0 spiro atoms. The largest absolute Gasteiger partial charge is 0.534 e. The van der Waals surface area contributed by atoms with Crippen molar-refractivity contribution in [2.24, 2.45) is 5.41 Å². The van der Waals surface area contributed by atoms with Crippen LogP contribution in [-0.2, 0) is 28.6 Å². The van der Waals surface area contributed by atoms with Crippen LogP contribution >= 0.6 is 0 Å². The van der Waals surface area contributed by atoms with Gasteiger partial charge < -0.3 is 13.7 Å². The average molecular weight is 436 g/mol. The van der Waals surface area contributed by atoms with E-state index in [1.54, 1.807) is 18.2 Å². The molecule has 0 saturated heterocycles. The van der Waals surface area contributed by atoms with E-state index in [-0.39, 0.29) is 18.6 Å². The van der Waals surface area contributed by atoms with Crippen molar-refractivity contribution < 1.29 is 44.8 Å². The van der Waals surface area contributed by atoms with Gasteiger partial charge in [0.2, 0.25) is 0 Å². The van der Waals surface area contributed by atoms with Crippen LogP contribution in [0.25, 0.3) is 0 Å². The normalized spacial score (nSPS) is 19.0. The van der Waals surface area contributed by atoms with Gasteiger partial charge in [0, 0.05) is 6.42 Å². The predicted molar refractivity (Wildman–Crippen MR) is 93.8 cm³/mol. The van der Waals surface area contributed by atoms with E-state index in [1.165, 1.54) is 32.9 Å². The minimum Gasteiger partial charge on any atom is -0.463 e. The lowest BCUT2D eigenvalue weighted by Crippen LogP contribution is -2.34. The number of ether oxygens (including phenoxy) is 2. The molecule has 1 aliphatic carbocycles. The number of halogens is 3. The van der Waals surface area contributed by atoms with Gasteiger partial charge in [0.25, 0.3) is 0 Å². The molecule has 7 nitrogen and oxygen atoms in total. The highest BCUT2D eigenvalue weighted by Gasteiger charge is 2.55. The highest BCUT2D eigenvalue weighted by molar-refractivity contribution is 7.87. The zero-order valence-corrected chi connectivity index (χ0v) is 16.6. The molecule has 11 heteroatoms. The first kappa shape index (κ1) is 22.7. The summed E-state index contributed by atoms with van der Waals surface area (Å²) >= 11 is 0. The monoisotopic (exact) mass is 436 g/mol. The van der Waals surface area contributed by atoms with Crippen LogP contribution in [0.4, 0.5) is 13.2 Å². The lowest BCUT2D eigenvalue weighted by molar-refractivity contribution is -0.138. The van der Waals surface area contributed by atoms with Crippen LogP contribution in [0.3, 0.4) is 0 Å². The first-order valence-electron chi connectivity index (χ1n) is 8.48. The van der Waals surface area contributed by atoms with Crippen LogP contribution in [0, 0.1) is 5.41 Å². The fraction of sp³-hybridized carbons (Fsp3) is 0.444. The number of carbonyl (C=O) groups excluding carboxylic acids is 2. The Morgan fingerprint density at radius 1 is 1.14 bits per heavy atom. The van der Waals surface area contributed by atoms with Gasteiger partial charge in [-0.3, -0.25) is 0 Å². The van der Waals surface area contributed by atoms with Crippen molar-refractivity contribution in [1.82, 2.24) is 0 Å². The average Bonchev–Trinajstić information content (AvgIpc) is 2.86. The maximum Gasteiger partial charge on any atom is 0.534 e. The van der Waals surface area contributed by atoms with E-state index >= 15 is 0 Å². The molecule has 1 aromatic carbocycles. The number of esters is 2. The summed E-state index contributed by atoms with van der Waals surface area (Å²) in [5.41, 5.74) is -7.51. The van der Waals surface area contributed by atoms with E-state index in [2.05, 4.69) is 4.18 Å². The van der Waals surface area contributed by atoms with E-state index < -0.39 is 50.4 Å². The molecule has 1 atom stereocenters. The predicted octanol–water partition coefficient (Wildman–Crippen LogP) is 3.33. The number of carbonyl (C=O) groups is 2. The standard InChI is InChI=1S/C18H19F3O7S/c1-4-26-16(23)12-10-13(27-15(22)11-8-6-5-7-9-11)17(2,3)14(12)28-29(24,25)18(19,20)21/h5-9,13H,4,10H2,1-3H3. The van der Waals surface area contributed by atoms with Crippen LogP contribution < -0.4 is 0 Å². The second-order valence-electron chi connectivity index (χ2n) is 6.70. The van der Waals surface area contributed by atoms with Gasteiger partial charge >= 0.3 is 27.6 Å². The molecule has 29 heavy (non-hydrogen) atoms. The smallest absolute Gasteiger partial charge is 0.463 e. The molecule has 0 aliphatic heterocycles. The molecular weight excluding hydrogens is 417 g/mol. The Kier molecular flexibility index (Phi) is 6.31. The number of hydrogen-bond donors (Lipinski definition) is 0. The Labute approximate surface area is 165 Å². The zero-order valence-electron chi connectivity index (χ0n) is 15.8. The van der Waals surface area contributed by atoms with Gasteiger partial charge in [-0.1, -0.05) is 18.2 Å². The van der Waals surface area contributed by atoms with Gasteiger partial charge in [0.1, 0.15) is 11.9 Å². The van der Waals surface area contributed by atoms with Gasteiger partial charge in [-0.05, 0) is 32.9 Å². The lowest BCUT2D eigenvalue weighted by atomic mass is 9.88. The summed E-state index contributed by atoms with van der Waals surface area (Å²) in [5, 5.41) is 0. The summed E-state index contributed by atoms with van der Waals surface area (Å²) in [7, 11) is -6.04. The van der Waals surface area contributed by atoms with Crippen molar-refractivity contribution in [3.8, 4) is 0 Å². The van der Waals surface area contributed by atoms with Gasteiger partial charge in [-0.15, -0.1) is 0 Å². The Bertz CT molecular complexity index is 919. The molecule has 1 aliphatic rings. The quantitative estimate of drug-likeness (QED) is 0.383. The van der Waals surface area contributed by atoms with E-state index in [0.29, 0.717) is 0 Å². The van der Waals surface area contributed by atoms with Crippen LogP contribution in [0.5, 0.6) is 0 Å². The molecule has 0 amide bonds. The van der Waals surface area contributed by atoms with Gasteiger partial charge in [0.05, 0.1) is 23.2 Å². The highest BCUT2D eigenvalue weighted by atomic mass is 32.2. The van der Waals surface area contributed by atoms with Crippen molar-refractivity contribution in [3.63, 3.8) is 0 Å². The van der Waals surface area contributed by atoms with Crippen molar-refractivity contribution in [2.75, 3.05) is 6.61 Å². The van der Waals surface area contributed by atoms with E-state index in [0.717, 1.165) is 0 Å². The lowest BCUT2D eigenvalue weighted by Gasteiger charge is -2.29. The zero-order chi connectivity index (χ0) is 22.0. The van der Waals surface area contributed by atoms with Crippen molar-refractivity contribution in [3.05, 3.63) is 47.2 Å². The summed E-state index contributed by atoms with van der Waals surface area (Å²) in [6, 6.07) is 7.78. The van der Waals surface area contributed by atoms with Crippen LogP contribution in [0.2, 0.25) is 0 Å². The van der Waals surface area contributed by atoms with Crippen molar-refractivity contribution in [2.45, 2.75) is 38.8 Å². The number of rotatable bonds is 6. The summed E-state index contributed by atoms with van der Waals surface area (Å²) in [4.78, 5) is 24.5. The molecule has 0 heterocycles. The van der Waals surface area contributed by atoms with Crippen molar-refractivity contribution >= 4 is 22.1 Å². The SMILES string of the molecule is CCOC(=O)C1=C(OS(=O)(=O)C(F)(F)F)C(C)(C)C(OC(=O)c2ccccc2)C1. The molecule has 2 rings (SSSR count). The third kappa shape index (κ3) is 4.72. The Morgan fingerprint density at radius 2 is 1.72 bits per heavy atom. The van der Waals surface area contributed by atoms with Crippen LogP contribution in [0.15, 0.2) is 41.7 Å². The molecule has 0 N–H and O–H groups in total. The number of alkyl halides is 3. The van der Waals surface area contributed by atoms with E-state index in [9.17, 15) is 31.2 Å². The minimum absolute atomic E-state index is 0.101. The molecule has 0 radical (unpaired) electrons. The molecule has 0 fully saturated rings. The summed E-state index contributed by atoms with van der Waals surface area (Å²) in [5.74, 6) is -2.60. The van der Waals surface area contributed by atoms with Crippen LogP contribution in [0.1, 0.15) is 37.6 Å². The molecule has 0 saturated carbocycles. The fourth-order valence-corrected chi connectivity index (χ4v) is 3.37. The maximum atomic E-state index is 12.8. The van der Waals surface area contributed by atoms with E-state index in [1.807, 2.05) is 0 Å². The Hall–Kier alpha value is -2.56. The second-order valence-corrected chi connectivity index (χ2v) is 8.23. The third-order valence-electron chi connectivity index (χ3n) is 4.31. The summed E-state index contributed by atoms with van der Waals surface area (Å²) in [6.07, 6.45) is -1.53. The topological polar surface area (TPSA) is 96.0 Å². The number of hydrogen-bond acceptors (Lipinski definition) is 7. The molecule has 1 aromatic rings. The Morgan fingerprint density at radius 3 is 2.24 bits per heavy atom. The minimum atomic E-state index is -6.04. The highest BCUT2D eigenvalue weighted by Crippen LogP contribution is 2.47. The van der Waals surface area contributed by atoms with Crippen molar-refractivity contribution in [1.29, 1.82) is 0 Å². The first-order valence-corrected chi connectivity index (χ1v) is 9.89. The second kappa shape index (κ2) is 8.05. The molecular formula is C18H19F3O7S. The molecule has 0 bridgehead atoms. The van der Waals surface area contributed by atoms with Crippen LogP contribution in [-0.4, -0.2) is 38.6 Å². The molecule has 0 aromatic heterocycles. The fourth-order valence-electron chi connectivity index (χ4n) is 2.74. The number of benzene rings is 1. The Balaban J connectivity index is 2.39. The van der Waals surface area contributed by atoms with Gasteiger partial charge in [0.15, 0.2) is 0 Å². The molecule has 1 unspecified atom stereocenters. The molecule has 160 valence electrons. The first-order chi connectivity index (χ1) is 13.3. The summed E-state index contributed by atoms with van der Waals surface area (Å²) < 4.78 is 75.9. The maximum absolute atomic E-state index is 12.8. The summed E-state index contributed by atoms with van der Waals surface area (Å²) in [6.45, 7) is 3.99. The van der Waals surface area contributed by atoms with E-state index in [4.69, 9.17) is 9.47 Å². The van der Waals surface area contributed by atoms with Gasteiger partial charge in [-0.2, -0.15) is 21.6 Å². The third-order valence-corrected chi connectivity index (χ3v) is 5.26.